The van der Waals surface area contributed by atoms with Crippen LogP contribution in [0.15, 0.2) is 84.0 Å². The van der Waals surface area contributed by atoms with Crippen LogP contribution in [0.2, 0.25) is 0 Å². The Labute approximate surface area is 156 Å². The minimum Gasteiger partial charge on any atom is -0.489 e. The summed E-state index contributed by atoms with van der Waals surface area (Å²) in [5.74, 6) is -0.142. The Morgan fingerprint density at radius 1 is 0.815 bits per heavy atom. The Morgan fingerprint density at radius 3 is 2.19 bits per heavy atom. The lowest BCUT2D eigenvalue weighted by molar-refractivity contribution is 0.0660. The number of imide groups is 1. The molecule has 27 heavy (non-hydrogen) atoms. The highest BCUT2D eigenvalue weighted by Gasteiger charge is 2.35. The topological polar surface area (TPSA) is 59.0 Å². The summed E-state index contributed by atoms with van der Waals surface area (Å²) in [4.78, 5) is 24.6. The van der Waals surface area contributed by atoms with Gasteiger partial charge in [-0.05, 0) is 35.4 Å². The van der Waals surface area contributed by atoms with E-state index >= 15 is 0 Å². The van der Waals surface area contributed by atoms with Crippen molar-refractivity contribution < 1.29 is 14.3 Å². The standard InChI is InChI=1S/C22H16N2O3/c25-21-19-11-4-5-12-20(19)22(26)24(21)23-14-17-9-6-10-18(13-17)27-15-16-7-2-1-3-8-16/h1-14H,15H2. The summed E-state index contributed by atoms with van der Waals surface area (Å²) >= 11 is 0. The molecule has 1 aliphatic heterocycles. The van der Waals surface area contributed by atoms with Crippen LogP contribution in [0, 0.1) is 0 Å². The van der Waals surface area contributed by atoms with Crippen molar-refractivity contribution in [3.63, 3.8) is 0 Å². The lowest BCUT2D eigenvalue weighted by atomic mass is 10.1. The number of hydrazone groups is 1. The van der Waals surface area contributed by atoms with Gasteiger partial charge in [0.15, 0.2) is 0 Å². The van der Waals surface area contributed by atoms with Crippen LogP contribution in [0.3, 0.4) is 0 Å². The minimum absolute atomic E-state index is 0.375. The van der Waals surface area contributed by atoms with E-state index in [1.807, 2.05) is 54.6 Å². The molecule has 1 aliphatic rings. The molecule has 3 aromatic rings. The zero-order valence-corrected chi connectivity index (χ0v) is 14.4. The quantitative estimate of drug-likeness (QED) is 0.515. The Balaban J connectivity index is 1.47. The van der Waals surface area contributed by atoms with Gasteiger partial charge in [-0.25, -0.2) is 0 Å². The molecule has 5 nitrogen and oxygen atoms in total. The minimum atomic E-state index is -0.414. The van der Waals surface area contributed by atoms with Gasteiger partial charge >= 0.3 is 0 Å². The van der Waals surface area contributed by atoms with Gasteiger partial charge < -0.3 is 4.74 Å². The van der Waals surface area contributed by atoms with Crippen molar-refractivity contribution in [2.45, 2.75) is 6.61 Å². The number of nitrogens with zero attached hydrogens (tertiary/aromatic N) is 2. The van der Waals surface area contributed by atoms with Crippen LogP contribution in [0.4, 0.5) is 0 Å². The summed E-state index contributed by atoms with van der Waals surface area (Å²) in [5.41, 5.74) is 2.55. The molecule has 0 aromatic heterocycles. The first-order valence-electron chi connectivity index (χ1n) is 8.51. The second-order valence-electron chi connectivity index (χ2n) is 6.06. The number of fused-ring (bicyclic) bond motifs is 1. The van der Waals surface area contributed by atoms with Crippen molar-refractivity contribution in [2.24, 2.45) is 5.10 Å². The van der Waals surface area contributed by atoms with Gasteiger partial charge in [0.25, 0.3) is 11.8 Å². The highest BCUT2D eigenvalue weighted by molar-refractivity contribution is 6.21. The van der Waals surface area contributed by atoms with Crippen LogP contribution in [-0.4, -0.2) is 23.0 Å². The lowest BCUT2D eigenvalue weighted by Crippen LogP contribution is -2.23. The van der Waals surface area contributed by atoms with E-state index in [9.17, 15) is 9.59 Å². The third-order valence-electron chi connectivity index (χ3n) is 4.20. The van der Waals surface area contributed by atoms with Crippen molar-refractivity contribution >= 4 is 18.0 Å². The number of ether oxygens (including phenoxy) is 1. The average molecular weight is 356 g/mol. The van der Waals surface area contributed by atoms with E-state index in [0.29, 0.717) is 23.5 Å². The summed E-state index contributed by atoms with van der Waals surface area (Å²) in [5, 5.41) is 4.97. The molecule has 0 radical (unpaired) electrons. The summed E-state index contributed by atoms with van der Waals surface area (Å²) in [7, 11) is 0. The van der Waals surface area contributed by atoms with Crippen LogP contribution in [0.1, 0.15) is 31.8 Å². The van der Waals surface area contributed by atoms with Gasteiger partial charge in [-0.2, -0.15) is 10.1 Å². The maximum Gasteiger partial charge on any atom is 0.282 e. The van der Waals surface area contributed by atoms with E-state index in [0.717, 1.165) is 16.1 Å². The molecule has 132 valence electrons. The third-order valence-corrected chi connectivity index (χ3v) is 4.20. The fourth-order valence-corrected chi connectivity index (χ4v) is 2.83. The molecule has 0 bridgehead atoms. The van der Waals surface area contributed by atoms with E-state index in [1.54, 1.807) is 24.3 Å². The molecule has 0 unspecified atom stereocenters. The molecule has 5 heteroatoms. The second-order valence-corrected chi connectivity index (χ2v) is 6.06. The molecular weight excluding hydrogens is 340 g/mol. The molecular formula is C22H16N2O3. The lowest BCUT2D eigenvalue weighted by Gasteiger charge is -2.08. The van der Waals surface area contributed by atoms with Gasteiger partial charge in [-0.1, -0.05) is 54.6 Å². The first kappa shape index (κ1) is 16.7. The van der Waals surface area contributed by atoms with Gasteiger partial charge in [0, 0.05) is 0 Å². The molecule has 0 N–H and O–H groups in total. The van der Waals surface area contributed by atoms with Crippen molar-refractivity contribution in [1.82, 2.24) is 5.01 Å². The van der Waals surface area contributed by atoms with E-state index in [1.165, 1.54) is 6.21 Å². The van der Waals surface area contributed by atoms with Gasteiger partial charge in [-0.15, -0.1) is 0 Å². The normalized spacial score (nSPS) is 13.3. The predicted molar refractivity (Wildman–Crippen MR) is 102 cm³/mol. The molecule has 0 aliphatic carbocycles. The Morgan fingerprint density at radius 2 is 1.48 bits per heavy atom. The molecule has 2 amide bonds. The van der Waals surface area contributed by atoms with Gasteiger partial charge in [0.1, 0.15) is 12.4 Å². The number of hydrogen-bond acceptors (Lipinski definition) is 4. The fourth-order valence-electron chi connectivity index (χ4n) is 2.83. The molecule has 0 saturated heterocycles. The number of benzene rings is 3. The summed E-state index contributed by atoms with van der Waals surface area (Å²) in [6.45, 7) is 0.458. The van der Waals surface area contributed by atoms with Crippen LogP contribution >= 0.6 is 0 Å². The van der Waals surface area contributed by atoms with Crippen LogP contribution < -0.4 is 4.74 Å². The molecule has 1 heterocycles. The summed E-state index contributed by atoms with van der Waals surface area (Å²) < 4.78 is 5.79. The molecule has 0 spiro atoms. The zero-order valence-electron chi connectivity index (χ0n) is 14.4. The zero-order chi connectivity index (χ0) is 18.6. The molecule has 0 saturated carbocycles. The number of hydrogen-bond donors (Lipinski definition) is 0. The molecule has 4 rings (SSSR count). The smallest absolute Gasteiger partial charge is 0.282 e. The number of carbonyl (C=O) groups excluding carboxylic acids is 2. The number of rotatable bonds is 5. The number of carbonyl (C=O) groups is 2. The van der Waals surface area contributed by atoms with Gasteiger partial charge in [0.2, 0.25) is 0 Å². The average Bonchev–Trinajstić information content (AvgIpc) is 2.96. The van der Waals surface area contributed by atoms with E-state index < -0.39 is 11.8 Å². The van der Waals surface area contributed by atoms with Crippen molar-refractivity contribution in [1.29, 1.82) is 0 Å². The first-order valence-corrected chi connectivity index (χ1v) is 8.51. The second kappa shape index (κ2) is 7.25. The Kier molecular flexibility index (Phi) is 4.49. The SMILES string of the molecule is O=C1c2ccccc2C(=O)N1N=Cc1cccc(OCc2ccccc2)c1. The number of amides is 2. The van der Waals surface area contributed by atoms with E-state index in [2.05, 4.69) is 5.10 Å². The van der Waals surface area contributed by atoms with Gasteiger partial charge in [0.05, 0.1) is 17.3 Å². The molecule has 0 fully saturated rings. The summed E-state index contributed by atoms with van der Waals surface area (Å²) in [6, 6.07) is 23.9. The monoisotopic (exact) mass is 356 g/mol. The van der Waals surface area contributed by atoms with E-state index in [4.69, 9.17) is 4.74 Å². The molecule has 0 atom stereocenters. The van der Waals surface area contributed by atoms with Crippen LogP contribution in [0.25, 0.3) is 0 Å². The van der Waals surface area contributed by atoms with Crippen LogP contribution in [0.5, 0.6) is 5.75 Å². The van der Waals surface area contributed by atoms with Gasteiger partial charge in [-0.3, -0.25) is 9.59 Å². The van der Waals surface area contributed by atoms with Crippen molar-refractivity contribution in [2.75, 3.05) is 0 Å². The Bertz CT molecular complexity index is 993. The third kappa shape index (κ3) is 3.48. The largest absolute Gasteiger partial charge is 0.489 e. The highest BCUT2D eigenvalue weighted by atomic mass is 16.5. The fraction of sp³-hybridized carbons (Fsp3) is 0.0455. The van der Waals surface area contributed by atoms with Crippen molar-refractivity contribution in [3.05, 3.63) is 101 Å². The Hall–Kier alpha value is -3.73. The van der Waals surface area contributed by atoms with Crippen molar-refractivity contribution in [3.8, 4) is 5.75 Å². The highest BCUT2D eigenvalue weighted by Crippen LogP contribution is 2.22. The predicted octanol–water partition coefficient (Wildman–Crippen LogP) is 3.90. The maximum atomic E-state index is 12.3. The first-order chi connectivity index (χ1) is 13.2. The van der Waals surface area contributed by atoms with Crippen LogP contribution in [-0.2, 0) is 6.61 Å². The van der Waals surface area contributed by atoms with E-state index in [-0.39, 0.29) is 0 Å². The summed E-state index contributed by atoms with van der Waals surface area (Å²) in [6.07, 6.45) is 1.48. The maximum absolute atomic E-state index is 12.3. The molecule has 3 aromatic carbocycles.